The number of rotatable bonds is 7. The molecule has 1 rings (SSSR count). The van der Waals surface area contributed by atoms with Crippen molar-refractivity contribution < 1.29 is 14.3 Å². The first-order valence-electron chi connectivity index (χ1n) is 6.63. The number of amides is 1. The van der Waals surface area contributed by atoms with E-state index in [9.17, 15) is 4.79 Å². The lowest BCUT2D eigenvalue weighted by atomic mass is 10.1. The highest BCUT2D eigenvalue weighted by Gasteiger charge is 2.21. The Labute approximate surface area is 120 Å². The molecule has 0 aliphatic rings. The Bertz CT molecular complexity index is 453. The van der Waals surface area contributed by atoms with E-state index in [0.717, 1.165) is 16.9 Å². The fourth-order valence-electron chi connectivity index (χ4n) is 1.58. The van der Waals surface area contributed by atoms with Crippen LogP contribution in [0.5, 0.6) is 5.75 Å². The van der Waals surface area contributed by atoms with Gasteiger partial charge in [0.1, 0.15) is 12.4 Å². The molecule has 5 heteroatoms. The second kappa shape index (κ2) is 7.26. The van der Waals surface area contributed by atoms with Crippen molar-refractivity contribution in [2.24, 2.45) is 5.73 Å². The van der Waals surface area contributed by atoms with E-state index in [-0.39, 0.29) is 5.91 Å². The fourth-order valence-corrected chi connectivity index (χ4v) is 1.58. The maximum atomic E-state index is 11.8. The van der Waals surface area contributed by atoms with Crippen LogP contribution in [0.4, 0.5) is 0 Å². The maximum absolute atomic E-state index is 11.8. The summed E-state index contributed by atoms with van der Waals surface area (Å²) in [5, 5.41) is 2.81. The van der Waals surface area contributed by atoms with Gasteiger partial charge in [-0.2, -0.15) is 0 Å². The molecule has 0 saturated carbocycles. The molecule has 0 unspecified atom stereocenters. The predicted octanol–water partition coefficient (Wildman–Crippen LogP) is 1.37. The van der Waals surface area contributed by atoms with Crippen molar-refractivity contribution in [2.75, 3.05) is 20.3 Å². The summed E-state index contributed by atoms with van der Waals surface area (Å²) in [5.41, 5.74) is 6.88. The van der Waals surface area contributed by atoms with Gasteiger partial charge in [0.15, 0.2) is 0 Å². The summed E-state index contributed by atoms with van der Waals surface area (Å²) < 4.78 is 10.6. The molecule has 0 atom stereocenters. The number of hydrogen-bond donors (Lipinski definition) is 2. The lowest BCUT2D eigenvalue weighted by molar-refractivity contribution is -0.125. The van der Waals surface area contributed by atoms with Gasteiger partial charge in [-0.15, -0.1) is 0 Å². The van der Waals surface area contributed by atoms with Crippen molar-refractivity contribution in [1.29, 1.82) is 0 Å². The molecule has 1 aromatic rings. The Morgan fingerprint density at radius 2 is 2.05 bits per heavy atom. The highest BCUT2D eigenvalue weighted by molar-refractivity contribution is 5.85. The second-order valence-corrected chi connectivity index (χ2v) is 5.36. The first-order valence-corrected chi connectivity index (χ1v) is 6.63. The van der Waals surface area contributed by atoms with Crippen LogP contribution in [0.1, 0.15) is 25.0 Å². The molecule has 0 aromatic heterocycles. The molecule has 1 aromatic carbocycles. The van der Waals surface area contributed by atoms with Gasteiger partial charge in [0.2, 0.25) is 5.91 Å². The zero-order valence-corrected chi connectivity index (χ0v) is 12.7. The molecule has 0 saturated heterocycles. The second-order valence-electron chi connectivity index (χ2n) is 5.36. The monoisotopic (exact) mass is 280 g/mol. The minimum Gasteiger partial charge on any atom is -0.491 e. The van der Waals surface area contributed by atoms with E-state index in [4.69, 9.17) is 15.2 Å². The van der Waals surface area contributed by atoms with E-state index < -0.39 is 5.54 Å². The van der Waals surface area contributed by atoms with Crippen LogP contribution in [-0.2, 0) is 16.1 Å². The van der Waals surface area contributed by atoms with Gasteiger partial charge in [-0.1, -0.05) is 12.1 Å². The Balaban J connectivity index is 2.71. The molecule has 0 spiro atoms. The van der Waals surface area contributed by atoms with Crippen molar-refractivity contribution in [3.05, 3.63) is 29.3 Å². The Kier molecular flexibility index (Phi) is 5.98. The summed E-state index contributed by atoms with van der Waals surface area (Å²) in [6, 6.07) is 5.88. The normalized spacial score (nSPS) is 11.2. The predicted molar refractivity (Wildman–Crippen MR) is 78.7 cm³/mol. The standard InChI is InChI=1S/C15H24N2O3/c1-11-5-6-12(10-17-14(18)15(2,3)16)13(9-11)20-8-7-19-4/h5-6,9H,7-8,10,16H2,1-4H3,(H,17,18). The van der Waals surface area contributed by atoms with Crippen molar-refractivity contribution >= 4 is 5.91 Å². The van der Waals surface area contributed by atoms with E-state index in [2.05, 4.69) is 5.32 Å². The molecule has 0 aliphatic heterocycles. The molecule has 0 fully saturated rings. The van der Waals surface area contributed by atoms with Crippen LogP contribution in [0.3, 0.4) is 0 Å². The van der Waals surface area contributed by atoms with Gasteiger partial charge in [-0.3, -0.25) is 4.79 Å². The smallest absolute Gasteiger partial charge is 0.239 e. The lowest BCUT2D eigenvalue weighted by Gasteiger charge is -2.19. The number of aryl methyl sites for hydroxylation is 1. The van der Waals surface area contributed by atoms with E-state index in [1.165, 1.54) is 0 Å². The minimum atomic E-state index is -0.887. The molecular weight excluding hydrogens is 256 g/mol. The molecular formula is C15H24N2O3. The van der Waals surface area contributed by atoms with Crippen LogP contribution in [-0.4, -0.2) is 31.8 Å². The van der Waals surface area contributed by atoms with Gasteiger partial charge in [-0.05, 0) is 32.4 Å². The van der Waals surface area contributed by atoms with Gasteiger partial charge in [0.05, 0.1) is 12.1 Å². The SMILES string of the molecule is COCCOc1cc(C)ccc1CNC(=O)C(C)(C)N. The molecule has 3 N–H and O–H groups in total. The molecule has 112 valence electrons. The fraction of sp³-hybridized carbons (Fsp3) is 0.533. The number of nitrogens with two attached hydrogens (primary N) is 1. The van der Waals surface area contributed by atoms with Crippen molar-refractivity contribution in [3.63, 3.8) is 0 Å². The summed E-state index contributed by atoms with van der Waals surface area (Å²) in [7, 11) is 1.63. The first-order chi connectivity index (χ1) is 9.34. The van der Waals surface area contributed by atoms with Crippen LogP contribution in [0, 0.1) is 6.92 Å². The summed E-state index contributed by atoms with van der Waals surface area (Å²) in [5.74, 6) is 0.568. The molecule has 20 heavy (non-hydrogen) atoms. The summed E-state index contributed by atoms with van der Waals surface area (Å²) in [6.45, 7) is 6.73. The van der Waals surface area contributed by atoms with Gasteiger partial charge in [0, 0.05) is 19.2 Å². The number of carbonyl (C=O) groups is 1. The third-order valence-electron chi connectivity index (χ3n) is 2.79. The number of nitrogens with one attached hydrogen (secondary N) is 1. The number of methoxy groups -OCH3 is 1. The Morgan fingerprint density at radius 3 is 2.65 bits per heavy atom. The summed E-state index contributed by atoms with van der Waals surface area (Å²) in [6.07, 6.45) is 0. The molecule has 1 amide bonds. The highest BCUT2D eigenvalue weighted by Crippen LogP contribution is 2.20. The van der Waals surface area contributed by atoms with Crippen molar-refractivity contribution in [3.8, 4) is 5.75 Å². The Hall–Kier alpha value is -1.59. The zero-order valence-electron chi connectivity index (χ0n) is 12.7. The average Bonchev–Trinajstić information content (AvgIpc) is 2.36. The minimum absolute atomic E-state index is 0.194. The van der Waals surface area contributed by atoms with Crippen LogP contribution in [0.15, 0.2) is 18.2 Å². The molecule has 0 aliphatic carbocycles. The third kappa shape index (κ3) is 5.19. The van der Waals surface area contributed by atoms with Crippen LogP contribution < -0.4 is 15.8 Å². The maximum Gasteiger partial charge on any atom is 0.239 e. The van der Waals surface area contributed by atoms with Crippen molar-refractivity contribution in [2.45, 2.75) is 32.9 Å². The highest BCUT2D eigenvalue weighted by atomic mass is 16.5. The van der Waals surface area contributed by atoms with Gasteiger partial charge in [-0.25, -0.2) is 0 Å². The number of hydrogen-bond acceptors (Lipinski definition) is 4. The lowest BCUT2D eigenvalue weighted by Crippen LogP contribution is -2.48. The van der Waals surface area contributed by atoms with Crippen molar-refractivity contribution in [1.82, 2.24) is 5.32 Å². The van der Waals surface area contributed by atoms with Gasteiger partial charge in [0.25, 0.3) is 0 Å². The number of benzene rings is 1. The average molecular weight is 280 g/mol. The van der Waals surface area contributed by atoms with Gasteiger partial charge >= 0.3 is 0 Å². The van der Waals surface area contributed by atoms with E-state index >= 15 is 0 Å². The number of ether oxygens (including phenoxy) is 2. The quantitative estimate of drug-likeness (QED) is 0.740. The molecule has 5 nitrogen and oxygen atoms in total. The zero-order chi connectivity index (χ0) is 15.2. The van der Waals surface area contributed by atoms with E-state index in [1.807, 2.05) is 25.1 Å². The van der Waals surface area contributed by atoms with Crippen LogP contribution in [0.25, 0.3) is 0 Å². The van der Waals surface area contributed by atoms with E-state index in [0.29, 0.717) is 19.8 Å². The van der Waals surface area contributed by atoms with Gasteiger partial charge < -0.3 is 20.5 Å². The molecule has 0 radical (unpaired) electrons. The van der Waals surface area contributed by atoms with Crippen LogP contribution in [0.2, 0.25) is 0 Å². The topological polar surface area (TPSA) is 73.6 Å². The Morgan fingerprint density at radius 1 is 1.35 bits per heavy atom. The van der Waals surface area contributed by atoms with E-state index in [1.54, 1.807) is 21.0 Å². The number of carbonyl (C=O) groups excluding carboxylic acids is 1. The third-order valence-corrected chi connectivity index (χ3v) is 2.79. The molecule has 0 heterocycles. The first kappa shape index (κ1) is 16.5. The summed E-state index contributed by atoms with van der Waals surface area (Å²) >= 11 is 0. The summed E-state index contributed by atoms with van der Waals surface area (Å²) in [4.78, 5) is 11.8. The molecule has 0 bridgehead atoms. The van der Waals surface area contributed by atoms with Crippen LogP contribution >= 0.6 is 0 Å². The largest absolute Gasteiger partial charge is 0.491 e.